The molecular weight excluding hydrogens is 244 g/mol. The fourth-order valence-corrected chi connectivity index (χ4v) is 3.74. The highest BCUT2D eigenvalue weighted by atomic mass is 32.1. The van der Waals surface area contributed by atoms with Gasteiger partial charge >= 0.3 is 0 Å². The summed E-state index contributed by atoms with van der Waals surface area (Å²) in [6, 6.07) is 4.86. The van der Waals surface area contributed by atoms with Crippen molar-refractivity contribution in [3.8, 4) is 0 Å². The minimum absolute atomic E-state index is 0.539. The summed E-state index contributed by atoms with van der Waals surface area (Å²) in [5.74, 6) is 0.895. The fourth-order valence-electron chi connectivity index (χ4n) is 2.82. The maximum Gasteiger partial charge on any atom is 0.133 e. The predicted molar refractivity (Wildman–Crippen MR) is 72.7 cm³/mol. The zero-order chi connectivity index (χ0) is 12.5. The molecule has 3 heterocycles. The van der Waals surface area contributed by atoms with E-state index in [9.17, 15) is 0 Å². The van der Waals surface area contributed by atoms with Gasteiger partial charge in [0.25, 0.3) is 0 Å². The van der Waals surface area contributed by atoms with Crippen LogP contribution in [0.25, 0.3) is 0 Å². The number of hydrogen-bond acceptors (Lipinski definition) is 4. The summed E-state index contributed by atoms with van der Waals surface area (Å²) >= 11 is 1.90. The van der Waals surface area contributed by atoms with Crippen molar-refractivity contribution in [1.29, 1.82) is 0 Å². The molecule has 1 aliphatic rings. The summed E-state index contributed by atoms with van der Waals surface area (Å²) in [5, 5.41) is 6.33. The van der Waals surface area contributed by atoms with Gasteiger partial charge in [-0.25, -0.2) is 0 Å². The highest BCUT2D eigenvalue weighted by Crippen LogP contribution is 2.35. The number of aryl methyl sites for hydroxylation is 1. The Kier molecular flexibility index (Phi) is 3.22. The van der Waals surface area contributed by atoms with Crippen molar-refractivity contribution in [2.24, 2.45) is 0 Å². The third kappa shape index (κ3) is 2.10. The lowest BCUT2D eigenvalue weighted by Gasteiger charge is -2.34. The highest BCUT2D eigenvalue weighted by molar-refractivity contribution is 7.10. The summed E-state index contributed by atoms with van der Waals surface area (Å²) in [5.41, 5.74) is 2.57. The molecule has 0 N–H and O–H groups in total. The Labute approximate surface area is 111 Å². The van der Waals surface area contributed by atoms with Gasteiger partial charge < -0.3 is 4.52 Å². The van der Waals surface area contributed by atoms with E-state index in [2.05, 4.69) is 28.4 Å². The lowest BCUT2D eigenvalue weighted by atomic mass is 9.97. The zero-order valence-electron chi connectivity index (χ0n) is 10.8. The molecule has 3 rings (SSSR count). The Morgan fingerprint density at radius 3 is 3.17 bits per heavy atom. The Balaban J connectivity index is 1.81. The molecule has 1 atom stereocenters. The molecular formula is C14H18N2OS. The normalized spacial score (nSPS) is 20.0. The number of fused-ring (bicyclic) bond motifs is 1. The van der Waals surface area contributed by atoms with Crippen LogP contribution in [0.15, 0.2) is 22.0 Å². The van der Waals surface area contributed by atoms with Crippen LogP contribution in [0.5, 0.6) is 0 Å². The number of rotatable bonds is 3. The van der Waals surface area contributed by atoms with E-state index in [-0.39, 0.29) is 0 Å². The van der Waals surface area contributed by atoms with Crippen molar-refractivity contribution >= 4 is 11.3 Å². The van der Waals surface area contributed by atoms with Crippen LogP contribution >= 0.6 is 11.3 Å². The second kappa shape index (κ2) is 4.86. The maximum absolute atomic E-state index is 5.15. The zero-order valence-corrected chi connectivity index (χ0v) is 11.7. The Morgan fingerprint density at radius 1 is 1.56 bits per heavy atom. The molecule has 4 heteroatoms. The van der Waals surface area contributed by atoms with Crippen molar-refractivity contribution < 1.29 is 4.52 Å². The van der Waals surface area contributed by atoms with Gasteiger partial charge in [0.15, 0.2) is 0 Å². The van der Waals surface area contributed by atoms with Crippen LogP contribution in [0.2, 0.25) is 0 Å². The van der Waals surface area contributed by atoms with Gasteiger partial charge in [0.1, 0.15) is 5.76 Å². The topological polar surface area (TPSA) is 29.3 Å². The van der Waals surface area contributed by atoms with Crippen LogP contribution in [0, 0.1) is 6.92 Å². The first-order valence-corrected chi connectivity index (χ1v) is 7.38. The number of hydrogen-bond donors (Lipinski definition) is 0. The van der Waals surface area contributed by atoms with Crippen molar-refractivity contribution in [2.75, 3.05) is 6.54 Å². The molecule has 0 saturated heterocycles. The maximum atomic E-state index is 5.15. The summed E-state index contributed by atoms with van der Waals surface area (Å²) < 4.78 is 5.15. The van der Waals surface area contributed by atoms with E-state index in [1.165, 1.54) is 12.0 Å². The van der Waals surface area contributed by atoms with Crippen molar-refractivity contribution in [3.63, 3.8) is 0 Å². The van der Waals surface area contributed by atoms with Crippen molar-refractivity contribution in [2.45, 2.75) is 39.3 Å². The Bertz CT molecular complexity index is 531. The van der Waals surface area contributed by atoms with Crippen LogP contribution in [-0.2, 0) is 13.0 Å². The molecule has 1 aliphatic heterocycles. The van der Waals surface area contributed by atoms with Crippen LogP contribution in [-0.4, -0.2) is 16.6 Å². The molecule has 2 aromatic rings. The predicted octanol–water partition coefficient (Wildman–Crippen LogP) is 3.55. The van der Waals surface area contributed by atoms with Crippen LogP contribution in [0.1, 0.15) is 41.3 Å². The Hall–Kier alpha value is -1.13. The summed E-state index contributed by atoms with van der Waals surface area (Å²) in [6.07, 6.45) is 2.32. The molecule has 0 unspecified atom stereocenters. The molecule has 96 valence electrons. The molecule has 3 nitrogen and oxygen atoms in total. The van der Waals surface area contributed by atoms with Gasteiger partial charge in [-0.15, -0.1) is 11.3 Å². The van der Waals surface area contributed by atoms with E-state index in [4.69, 9.17) is 4.52 Å². The van der Waals surface area contributed by atoms with Crippen LogP contribution in [0.4, 0.5) is 0 Å². The molecule has 0 aliphatic carbocycles. The van der Waals surface area contributed by atoms with Gasteiger partial charge in [-0.05, 0) is 36.8 Å². The minimum atomic E-state index is 0.539. The molecule has 0 radical (unpaired) electrons. The number of thiophene rings is 1. The van der Waals surface area contributed by atoms with Gasteiger partial charge in [0.05, 0.1) is 5.69 Å². The highest BCUT2D eigenvalue weighted by Gasteiger charge is 2.27. The summed E-state index contributed by atoms with van der Waals surface area (Å²) in [7, 11) is 0. The fraction of sp³-hybridized carbons (Fsp3) is 0.500. The molecule has 0 fully saturated rings. The first-order chi connectivity index (χ1) is 8.78. The summed E-state index contributed by atoms with van der Waals surface area (Å²) in [4.78, 5) is 4.08. The van der Waals surface area contributed by atoms with Crippen molar-refractivity contribution in [3.05, 3.63) is 39.4 Å². The molecule has 18 heavy (non-hydrogen) atoms. The number of aromatic nitrogens is 1. The third-order valence-corrected chi connectivity index (χ3v) is 4.63. The monoisotopic (exact) mass is 262 g/mol. The van der Waals surface area contributed by atoms with E-state index in [1.54, 1.807) is 4.88 Å². The standard InChI is InChI=1S/C14H18N2OS/c1-3-13-12-5-7-18-14(12)4-6-16(13)9-11-8-10(2)17-15-11/h5,7-8,13H,3-4,6,9H2,1-2H3/t13-/m1/s1. The average Bonchev–Trinajstić information content (AvgIpc) is 2.98. The van der Waals surface area contributed by atoms with Crippen LogP contribution in [0.3, 0.4) is 0 Å². The van der Waals surface area contributed by atoms with Gasteiger partial charge in [-0.2, -0.15) is 0 Å². The molecule has 0 spiro atoms. The van der Waals surface area contributed by atoms with E-state index in [0.717, 1.165) is 31.0 Å². The molecule has 2 aromatic heterocycles. The van der Waals surface area contributed by atoms with Gasteiger partial charge in [-0.3, -0.25) is 4.90 Å². The van der Waals surface area contributed by atoms with E-state index < -0.39 is 0 Å². The largest absolute Gasteiger partial charge is 0.361 e. The molecule has 0 bridgehead atoms. The SMILES string of the molecule is CC[C@@H]1c2ccsc2CCN1Cc1cc(C)on1. The lowest BCUT2D eigenvalue weighted by molar-refractivity contribution is 0.168. The second-order valence-electron chi connectivity index (χ2n) is 4.87. The summed E-state index contributed by atoms with van der Waals surface area (Å²) in [6.45, 7) is 6.22. The minimum Gasteiger partial charge on any atom is -0.361 e. The third-order valence-electron chi connectivity index (χ3n) is 3.63. The van der Waals surface area contributed by atoms with Crippen molar-refractivity contribution in [1.82, 2.24) is 10.1 Å². The average molecular weight is 262 g/mol. The molecule has 0 amide bonds. The lowest BCUT2D eigenvalue weighted by Crippen LogP contribution is -2.34. The first-order valence-electron chi connectivity index (χ1n) is 6.50. The van der Waals surface area contributed by atoms with Gasteiger partial charge in [0.2, 0.25) is 0 Å². The first kappa shape index (κ1) is 11.9. The van der Waals surface area contributed by atoms with Crippen LogP contribution < -0.4 is 0 Å². The quantitative estimate of drug-likeness (QED) is 0.847. The Morgan fingerprint density at radius 2 is 2.44 bits per heavy atom. The number of nitrogens with zero attached hydrogens (tertiary/aromatic N) is 2. The van der Waals surface area contributed by atoms with E-state index >= 15 is 0 Å². The van der Waals surface area contributed by atoms with Gasteiger partial charge in [-0.1, -0.05) is 12.1 Å². The van der Waals surface area contributed by atoms with Gasteiger partial charge in [0, 0.05) is 30.1 Å². The van der Waals surface area contributed by atoms with E-state index in [0.29, 0.717) is 6.04 Å². The molecule has 0 saturated carbocycles. The second-order valence-corrected chi connectivity index (χ2v) is 5.87. The molecule has 0 aromatic carbocycles. The van der Waals surface area contributed by atoms with E-state index in [1.807, 2.05) is 24.3 Å². The smallest absolute Gasteiger partial charge is 0.133 e.